The number of esters is 1. The zero-order chi connectivity index (χ0) is 26.4. The highest BCUT2D eigenvalue weighted by atomic mass is 127. The van der Waals surface area contributed by atoms with Crippen molar-refractivity contribution in [2.75, 3.05) is 26.2 Å². The molecule has 3 rings (SSSR count). The van der Waals surface area contributed by atoms with Crippen molar-refractivity contribution >= 4 is 67.9 Å². The molecule has 36 heavy (non-hydrogen) atoms. The molecular formula is C28H34I2NO5+. The van der Waals surface area contributed by atoms with Gasteiger partial charge in [-0.1, -0.05) is 32.0 Å². The van der Waals surface area contributed by atoms with Gasteiger partial charge >= 0.3 is 5.97 Å². The molecule has 0 saturated heterocycles. The second kappa shape index (κ2) is 13.2. The molecule has 0 fully saturated rings. The summed E-state index contributed by atoms with van der Waals surface area (Å²) in [6.45, 7) is 13.9. The van der Waals surface area contributed by atoms with E-state index in [9.17, 15) is 9.59 Å². The van der Waals surface area contributed by atoms with Crippen LogP contribution in [0.25, 0.3) is 11.0 Å². The summed E-state index contributed by atoms with van der Waals surface area (Å²) in [6, 6.07) is 11.0. The van der Waals surface area contributed by atoms with Crippen LogP contribution in [0, 0.1) is 13.1 Å². The average molecular weight is 718 g/mol. The molecule has 0 spiro atoms. The molecule has 0 radical (unpaired) electrons. The summed E-state index contributed by atoms with van der Waals surface area (Å²) in [6.07, 6.45) is -0.323. The molecule has 3 aromatic rings. The first-order valence-electron chi connectivity index (χ1n) is 12.4. The lowest BCUT2D eigenvalue weighted by atomic mass is 9.99. The Balaban J connectivity index is 1.89. The number of rotatable bonds is 12. The highest BCUT2D eigenvalue weighted by molar-refractivity contribution is 14.1. The minimum Gasteiger partial charge on any atom is -0.485 e. The lowest BCUT2D eigenvalue weighted by Gasteiger charge is -2.17. The molecule has 0 aliphatic carbocycles. The number of para-hydroxylation sites is 1. The number of nitrogens with one attached hydrogen (secondary N) is 1. The third-order valence-electron chi connectivity index (χ3n) is 6.42. The van der Waals surface area contributed by atoms with Gasteiger partial charge in [0, 0.05) is 10.9 Å². The smallest absolute Gasteiger partial charge is 0.313 e. The van der Waals surface area contributed by atoms with Crippen molar-refractivity contribution in [3.63, 3.8) is 0 Å². The molecular weight excluding hydrogens is 684 g/mol. The molecule has 1 atom stereocenters. The normalized spacial score (nSPS) is 12.4. The lowest BCUT2D eigenvalue weighted by Crippen LogP contribution is -3.12. The molecule has 0 aliphatic rings. The Morgan fingerprint density at radius 2 is 1.67 bits per heavy atom. The Morgan fingerprint density at radius 3 is 2.28 bits per heavy atom. The van der Waals surface area contributed by atoms with Crippen LogP contribution in [0.1, 0.15) is 56.3 Å². The van der Waals surface area contributed by atoms with Crippen molar-refractivity contribution in [2.24, 2.45) is 5.92 Å². The summed E-state index contributed by atoms with van der Waals surface area (Å²) >= 11 is 4.44. The summed E-state index contributed by atoms with van der Waals surface area (Å²) < 4.78 is 19.4. The number of benzene rings is 2. The molecule has 1 heterocycles. The van der Waals surface area contributed by atoms with E-state index in [-0.39, 0.29) is 24.2 Å². The zero-order valence-corrected chi connectivity index (χ0v) is 25.8. The molecule has 0 aliphatic heterocycles. The predicted octanol–water partition coefficient (Wildman–Crippen LogP) is 5.31. The minimum atomic E-state index is -0.410. The van der Waals surface area contributed by atoms with Crippen molar-refractivity contribution in [2.45, 2.75) is 47.1 Å². The van der Waals surface area contributed by atoms with Crippen molar-refractivity contribution < 1.29 is 28.4 Å². The Hall–Kier alpha value is -1.66. The number of fused-ring (bicyclic) bond motifs is 1. The molecule has 1 N–H and O–H groups in total. The number of hydrogen-bond acceptors (Lipinski definition) is 5. The molecule has 6 nitrogen and oxygen atoms in total. The molecule has 1 unspecified atom stereocenters. The van der Waals surface area contributed by atoms with Gasteiger partial charge in [0.2, 0.25) is 0 Å². The van der Waals surface area contributed by atoms with Gasteiger partial charge in [0.25, 0.3) is 0 Å². The first-order chi connectivity index (χ1) is 17.2. The number of ether oxygens (including phenoxy) is 2. The highest BCUT2D eigenvalue weighted by Crippen LogP contribution is 2.33. The van der Waals surface area contributed by atoms with Crippen LogP contribution in [-0.4, -0.2) is 44.1 Å². The van der Waals surface area contributed by atoms with E-state index in [0.29, 0.717) is 34.5 Å². The van der Waals surface area contributed by atoms with E-state index in [2.05, 4.69) is 59.0 Å². The van der Waals surface area contributed by atoms with Crippen LogP contribution < -0.4 is 9.64 Å². The fourth-order valence-electron chi connectivity index (χ4n) is 3.86. The first kappa shape index (κ1) is 28.9. The van der Waals surface area contributed by atoms with Gasteiger partial charge in [-0.25, -0.2) is 0 Å². The van der Waals surface area contributed by atoms with E-state index in [1.165, 1.54) is 4.90 Å². The summed E-state index contributed by atoms with van der Waals surface area (Å²) in [4.78, 5) is 27.9. The fraction of sp³-hybridized carbons (Fsp3) is 0.429. The molecule has 0 saturated carbocycles. The molecule has 8 heteroatoms. The maximum absolute atomic E-state index is 13.8. The van der Waals surface area contributed by atoms with Crippen LogP contribution in [0.3, 0.4) is 0 Å². The van der Waals surface area contributed by atoms with E-state index in [0.717, 1.165) is 32.5 Å². The number of hydrogen-bond donors (Lipinski definition) is 1. The van der Waals surface area contributed by atoms with Gasteiger partial charge in [-0.3, -0.25) is 9.59 Å². The summed E-state index contributed by atoms with van der Waals surface area (Å²) in [7, 11) is 0. The summed E-state index contributed by atoms with van der Waals surface area (Å²) in [5, 5.41) is 0.690. The van der Waals surface area contributed by atoms with Crippen molar-refractivity contribution in [3.8, 4) is 5.75 Å². The fourth-order valence-corrected chi connectivity index (χ4v) is 5.94. The molecule has 2 aromatic carbocycles. The van der Waals surface area contributed by atoms with Crippen LogP contribution in [0.15, 0.2) is 40.8 Å². The largest absolute Gasteiger partial charge is 0.485 e. The highest BCUT2D eigenvalue weighted by Gasteiger charge is 2.26. The predicted molar refractivity (Wildman–Crippen MR) is 158 cm³/mol. The van der Waals surface area contributed by atoms with Crippen molar-refractivity contribution in [1.29, 1.82) is 0 Å². The number of likely N-dealkylation sites (N-methyl/N-ethyl adjacent to an activating group) is 1. The van der Waals surface area contributed by atoms with E-state index >= 15 is 0 Å². The Bertz CT molecular complexity index is 1190. The van der Waals surface area contributed by atoms with E-state index in [4.69, 9.17) is 13.9 Å². The third kappa shape index (κ3) is 7.00. The number of carbonyl (C=O) groups excluding carboxylic acids is 2. The average Bonchev–Trinajstić information content (AvgIpc) is 3.20. The van der Waals surface area contributed by atoms with Crippen LogP contribution in [0.5, 0.6) is 5.75 Å². The summed E-state index contributed by atoms with van der Waals surface area (Å²) in [5.41, 5.74) is 1.51. The van der Waals surface area contributed by atoms with Gasteiger partial charge in [-0.05, 0) is 90.1 Å². The second-order valence-corrected chi connectivity index (χ2v) is 11.5. The Kier molecular flexibility index (Phi) is 10.6. The van der Waals surface area contributed by atoms with Crippen molar-refractivity contribution in [1.82, 2.24) is 0 Å². The van der Waals surface area contributed by atoms with E-state index < -0.39 is 5.97 Å². The van der Waals surface area contributed by atoms with E-state index in [1.54, 1.807) is 6.07 Å². The number of carbonyl (C=O) groups is 2. The lowest BCUT2D eigenvalue weighted by molar-refractivity contribution is -0.896. The monoisotopic (exact) mass is 718 g/mol. The SMILES string of the molecule is CC[NH+](CC)CCOc1c(I)cc(C(=O)c2c(CC(=O)OC(C)C(C)C)oc3ccccc23)cc1I. The van der Waals surface area contributed by atoms with Gasteiger partial charge in [0.15, 0.2) is 5.78 Å². The van der Waals surface area contributed by atoms with Crippen LogP contribution in [0.4, 0.5) is 0 Å². The third-order valence-corrected chi connectivity index (χ3v) is 8.02. The number of quaternary nitrogens is 1. The first-order valence-corrected chi connectivity index (χ1v) is 14.5. The molecule has 1 aromatic heterocycles. The minimum absolute atomic E-state index is 0.101. The standard InChI is InChI=1S/C28H33I2NO5/c1-6-31(7-2)12-13-34-28-21(29)14-19(15-22(28)30)27(33)26-20-10-8-9-11-23(20)36-24(26)16-25(32)35-18(5)17(3)4/h8-11,14-15,17-18H,6-7,12-13,16H2,1-5H3/p+1. The van der Waals surface area contributed by atoms with Crippen LogP contribution >= 0.6 is 45.2 Å². The topological polar surface area (TPSA) is 70.2 Å². The van der Waals surface area contributed by atoms with Gasteiger partial charge in [-0.15, -0.1) is 0 Å². The van der Waals surface area contributed by atoms with Crippen molar-refractivity contribution in [3.05, 3.63) is 60.4 Å². The molecule has 0 bridgehead atoms. The Morgan fingerprint density at radius 1 is 1.03 bits per heavy atom. The maximum atomic E-state index is 13.8. The Labute approximate surface area is 240 Å². The van der Waals surface area contributed by atoms with Gasteiger partial charge in [0.1, 0.15) is 42.8 Å². The van der Waals surface area contributed by atoms with Crippen LogP contribution in [-0.2, 0) is 16.0 Å². The number of halogens is 2. The number of furan rings is 1. The quantitative estimate of drug-likeness (QED) is 0.156. The zero-order valence-electron chi connectivity index (χ0n) is 21.5. The van der Waals surface area contributed by atoms with Crippen LogP contribution in [0.2, 0.25) is 0 Å². The van der Waals surface area contributed by atoms with E-state index in [1.807, 2.05) is 51.1 Å². The second-order valence-electron chi connectivity index (χ2n) is 9.17. The van der Waals surface area contributed by atoms with Gasteiger partial charge < -0.3 is 18.8 Å². The molecule has 0 amide bonds. The summed E-state index contributed by atoms with van der Waals surface area (Å²) in [5.74, 6) is 0.726. The molecule has 194 valence electrons. The van der Waals surface area contributed by atoms with Gasteiger partial charge in [-0.2, -0.15) is 0 Å². The number of ketones is 1. The maximum Gasteiger partial charge on any atom is 0.313 e. The van der Waals surface area contributed by atoms with Gasteiger partial charge in [0.05, 0.1) is 25.8 Å².